The van der Waals surface area contributed by atoms with Gasteiger partial charge in [-0.1, -0.05) is 29.3 Å². The maximum atomic E-state index is 12.9. The summed E-state index contributed by atoms with van der Waals surface area (Å²) >= 11 is 12.7. The Morgan fingerprint density at radius 2 is 1.72 bits per heavy atom. The van der Waals surface area contributed by atoms with Crippen LogP contribution in [0.5, 0.6) is 5.75 Å². The van der Waals surface area contributed by atoms with E-state index in [2.05, 4.69) is 15.2 Å². The normalized spacial score (nSPS) is 20.4. The van der Waals surface area contributed by atoms with E-state index in [9.17, 15) is 37.7 Å². The average molecular weight is 849 g/mol. The molecule has 4 aromatic rings. The van der Waals surface area contributed by atoms with Gasteiger partial charge in [0.1, 0.15) is 29.6 Å². The Bertz CT molecular complexity index is 2170. The summed E-state index contributed by atoms with van der Waals surface area (Å²) in [6.45, 7) is 8.59. The summed E-state index contributed by atoms with van der Waals surface area (Å²) in [4.78, 5) is 53.7. The van der Waals surface area contributed by atoms with Crippen molar-refractivity contribution in [3.05, 3.63) is 111 Å². The first-order valence-corrected chi connectivity index (χ1v) is 18.6. The van der Waals surface area contributed by atoms with Gasteiger partial charge in [0, 0.05) is 67.8 Å². The van der Waals surface area contributed by atoms with Crippen molar-refractivity contribution in [2.75, 3.05) is 49.2 Å². The first-order chi connectivity index (χ1) is 27.4. The molecule has 2 unspecified atom stereocenters. The predicted molar refractivity (Wildman–Crippen MR) is 206 cm³/mol. The Morgan fingerprint density at radius 3 is 2.29 bits per heavy atom. The topological polar surface area (TPSA) is 162 Å². The number of rotatable bonds is 9. The van der Waals surface area contributed by atoms with Gasteiger partial charge >= 0.3 is 12.2 Å². The van der Waals surface area contributed by atoms with Crippen molar-refractivity contribution < 1.29 is 46.7 Å². The predicted octanol–water partition coefficient (Wildman–Crippen LogP) is 6.65. The molecule has 7 rings (SSSR count). The number of alkyl halides is 3. The molecule has 3 aromatic carbocycles. The molecule has 4 heterocycles. The fraction of sp³-hybridized carbons (Fsp3) is 0.368. The van der Waals surface area contributed by atoms with Crippen LogP contribution in [-0.4, -0.2) is 88.3 Å². The Kier molecular flexibility index (Phi) is 12.2. The molecule has 3 saturated heterocycles. The SMILES string of the molecule is CC(=O)N1CCN(c2ccc(OCC3COC(Cn4ccnc4)(c4ccc(Cl)cc4Cl)O3)cc2)CC1.CC1(C)NC(=O)N(c2ccc([N+](=O)[O-])c(C(F)(F)F)c2)C1=O. The summed E-state index contributed by atoms with van der Waals surface area (Å²) in [5, 5.41) is 14.0. The van der Waals surface area contributed by atoms with Crippen molar-refractivity contribution in [1.82, 2.24) is 19.8 Å². The van der Waals surface area contributed by atoms with Gasteiger partial charge in [-0.2, -0.15) is 13.2 Å². The van der Waals surface area contributed by atoms with Gasteiger partial charge in [-0.05, 0) is 62.4 Å². The zero-order valence-corrected chi connectivity index (χ0v) is 32.9. The highest BCUT2D eigenvalue weighted by atomic mass is 35.5. The number of ether oxygens (including phenoxy) is 3. The lowest BCUT2D eigenvalue weighted by Crippen LogP contribution is -2.48. The van der Waals surface area contributed by atoms with Crippen LogP contribution in [0.25, 0.3) is 0 Å². The molecule has 2 atom stereocenters. The Morgan fingerprint density at radius 1 is 1.03 bits per heavy atom. The number of hydrogen-bond donors (Lipinski definition) is 1. The van der Waals surface area contributed by atoms with Crippen molar-refractivity contribution in [2.24, 2.45) is 0 Å². The third kappa shape index (κ3) is 9.30. The second-order valence-electron chi connectivity index (χ2n) is 14.1. The standard InChI is InChI=1S/C26H28Cl2N4O4.C12H10F3N3O4/c1-19(33)31-10-12-32(13-11-31)21-3-5-22(6-4-21)34-15-23-16-35-26(36-23,17-30-9-8-29-18-30)24-7-2-20(27)14-25(24)28;1-11(2)9(19)17(10(20)16-11)6-3-4-8(18(21)22)7(5-6)12(13,14)15/h2-9,14,18,23H,10-13,15-17H2,1H3;3-5H,1-2H3,(H,16,20). The van der Waals surface area contributed by atoms with Gasteiger partial charge in [0.15, 0.2) is 0 Å². The monoisotopic (exact) mass is 847 g/mol. The summed E-state index contributed by atoms with van der Waals surface area (Å²) in [5.41, 5.74) is -2.51. The highest BCUT2D eigenvalue weighted by Gasteiger charge is 2.47. The number of nitro groups is 1. The molecular weight excluding hydrogens is 810 g/mol. The number of hydrogen-bond acceptors (Lipinski definition) is 10. The van der Waals surface area contributed by atoms with Crippen molar-refractivity contribution >= 4 is 58.1 Å². The number of amides is 4. The Labute approximate surface area is 340 Å². The lowest BCUT2D eigenvalue weighted by molar-refractivity contribution is -0.388. The van der Waals surface area contributed by atoms with Gasteiger partial charge in [0.2, 0.25) is 11.7 Å². The van der Waals surface area contributed by atoms with E-state index in [1.165, 1.54) is 13.8 Å². The first kappa shape index (κ1) is 42.2. The van der Waals surface area contributed by atoms with E-state index in [0.717, 1.165) is 43.7 Å². The van der Waals surface area contributed by atoms with Gasteiger partial charge in [-0.3, -0.25) is 19.7 Å². The summed E-state index contributed by atoms with van der Waals surface area (Å²) in [5.74, 6) is -0.952. The molecule has 20 heteroatoms. The second-order valence-corrected chi connectivity index (χ2v) is 15.0. The highest BCUT2D eigenvalue weighted by Crippen LogP contribution is 2.41. The number of halogens is 5. The van der Waals surface area contributed by atoms with Gasteiger partial charge in [-0.25, -0.2) is 14.7 Å². The minimum atomic E-state index is -4.99. The molecule has 58 heavy (non-hydrogen) atoms. The number of anilines is 2. The average Bonchev–Trinajstić information content (AvgIpc) is 3.88. The van der Waals surface area contributed by atoms with E-state index in [1.807, 2.05) is 46.0 Å². The largest absolute Gasteiger partial charge is 0.491 e. The summed E-state index contributed by atoms with van der Waals surface area (Å²) < 4.78 is 59.3. The van der Waals surface area contributed by atoms with Crippen LogP contribution in [0.1, 0.15) is 31.9 Å². The van der Waals surface area contributed by atoms with Crippen molar-refractivity contribution in [2.45, 2.75) is 50.9 Å². The van der Waals surface area contributed by atoms with Gasteiger partial charge in [0.05, 0.1) is 35.1 Å². The molecule has 0 spiro atoms. The molecule has 1 N–H and O–H groups in total. The fourth-order valence-electron chi connectivity index (χ4n) is 6.63. The van der Waals surface area contributed by atoms with Gasteiger partial charge in [-0.15, -0.1) is 0 Å². The van der Waals surface area contributed by atoms with Crippen LogP contribution < -0.4 is 19.9 Å². The molecular formula is C38H38Cl2F3N7O8. The van der Waals surface area contributed by atoms with Crippen molar-refractivity contribution in [3.8, 4) is 5.75 Å². The fourth-order valence-corrected chi connectivity index (χ4v) is 7.18. The number of carbonyl (C=O) groups is 3. The number of nitrogens with zero attached hydrogens (tertiary/aromatic N) is 6. The van der Waals surface area contributed by atoms with Crippen LogP contribution in [0.2, 0.25) is 10.0 Å². The first-order valence-electron chi connectivity index (χ1n) is 17.9. The molecule has 0 saturated carbocycles. The molecule has 3 aliphatic rings. The lowest BCUT2D eigenvalue weighted by atomic mass is 10.1. The number of aromatic nitrogens is 2. The maximum absolute atomic E-state index is 12.9. The number of carbonyl (C=O) groups excluding carboxylic acids is 3. The number of imide groups is 1. The number of urea groups is 1. The molecule has 15 nitrogen and oxygen atoms in total. The van der Waals surface area contributed by atoms with Gasteiger partial charge in [0.25, 0.3) is 11.6 Å². The smallest absolute Gasteiger partial charge is 0.423 e. The van der Waals surface area contributed by atoms with E-state index < -0.39 is 45.6 Å². The number of piperazine rings is 1. The maximum Gasteiger partial charge on any atom is 0.423 e. The third-order valence-electron chi connectivity index (χ3n) is 9.61. The zero-order valence-electron chi connectivity index (χ0n) is 31.4. The molecule has 1 aromatic heterocycles. The van der Waals surface area contributed by atoms with E-state index in [0.29, 0.717) is 52.4 Å². The molecule has 308 valence electrons. The third-order valence-corrected chi connectivity index (χ3v) is 10.2. The Balaban J connectivity index is 0.000000221. The van der Waals surface area contributed by atoms with Crippen LogP contribution in [-0.2, 0) is 37.6 Å². The van der Waals surface area contributed by atoms with Crippen molar-refractivity contribution in [1.29, 1.82) is 0 Å². The van der Waals surface area contributed by atoms with Crippen LogP contribution in [0.4, 0.5) is 35.0 Å². The number of imidazole rings is 1. The van der Waals surface area contributed by atoms with Crippen LogP contribution >= 0.6 is 23.2 Å². The number of benzene rings is 3. The molecule has 0 radical (unpaired) electrons. The summed E-state index contributed by atoms with van der Waals surface area (Å²) in [6.07, 6.45) is -0.0142. The van der Waals surface area contributed by atoms with E-state index >= 15 is 0 Å². The molecule has 0 aliphatic carbocycles. The van der Waals surface area contributed by atoms with Crippen LogP contribution in [0, 0.1) is 10.1 Å². The highest BCUT2D eigenvalue weighted by molar-refractivity contribution is 6.35. The quantitative estimate of drug-likeness (QED) is 0.110. The van der Waals surface area contributed by atoms with E-state index in [-0.39, 0.29) is 17.7 Å². The van der Waals surface area contributed by atoms with Crippen molar-refractivity contribution in [3.63, 3.8) is 0 Å². The van der Waals surface area contributed by atoms with Crippen LogP contribution in [0.15, 0.2) is 79.4 Å². The van der Waals surface area contributed by atoms with Crippen LogP contribution in [0.3, 0.4) is 0 Å². The molecule has 3 fully saturated rings. The van der Waals surface area contributed by atoms with E-state index in [4.69, 9.17) is 37.4 Å². The second kappa shape index (κ2) is 16.8. The van der Waals surface area contributed by atoms with E-state index in [1.54, 1.807) is 31.6 Å². The van der Waals surface area contributed by atoms with Gasteiger partial charge < -0.3 is 33.9 Å². The number of nitro benzene ring substituents is 1. The molecule has 3 aliphatic heterocycles. The minimum Gasteiger partial charge on any atom is -0.491 e. The minimum absolute atomic E-state index is 0.129. The lowest BCUT2D eigenvalue weighted by Gasteiger charge is -2.35. The Hall–Kier alpha value is -5.43. The summed E-state index contributed by atoms with van der Waals surface area (Å²) in [6, 6.07) is 14.4. The molecule has 0 bridgehead atoms. The molecule has 4 amide bonds. The zero-order chi connectivity index (χ0) is 42.0. The summed E-state index contributed by atoms with van der Waals surface area (Å²) in [7, 11) is 0. The number of nitrogens with one attached hydrogen (secondary N) is 1.